The first-order chi connectivity index (χ1) is 5.72. The van der Waals surface area contributed by atoms with Gasteiger partial charge in [0.25, 0.3) is 0 Å². The van der Waals surface area contributed by atoms with Gasteiger partial charge in [-0.1, -0.05) is 28.1 Å². The Morgan fingerprint density at radius 2 is 2.17 bits per heavy atom. The van der Waals surface area contributed by atoms with Crippen molar-refractivity contribution in [2.75, 3.05) is 11.1 Å². The molecule has 1 aromatic rings. The number of allylic oxidation sites excluding steroid dienone is 1. The summed E-state index contributed by atoms with van der Waals surface area (Å²) >= 11 is 3.23. The molecule has 0 bridgehead atoms. The number of anilines is 1. The molecule has 3 heteroatoms. The predicted octanol–water partition coefficient (Wildman–Crippen LogP) is 2.82. The van der Waals surface area contributed by atoms with Gasteiger partial charge in [-0.15, -0.1) is 0 Å². The second-order valence-electron chi connectivity index (χ2n) is 2.37. The summed E-state index contributed by atoms with van der Waals surface area (Å²) in [7, 11) is 0. The van der Waals surface area contributed by atoms with Gasteiger partial charge in [-0.3, -0.25) is 0 Å². The Morgan fingerprint density at radius 1 is 1.42 bits per heavy atom. The van der Waals surface area contributed by atoms with Crippen LogP contribution >= 0.6 is 15.9 Å². The number of rotatable bonds is 2. The van der Waals surface area contributed by atoms with E-state index in [-0.39, 0.29) is 5.82 Å². The molecule has 0 unspecified atom stereocenters. The lowest BCUT2D eigenvalue weighted by atomic mass is 10.2. The number of nitrogens with two attached hydrogens (primary N) is 1. The summed E-state index contributed by atoms with van der Waals surface area (Å²) in [5.41, 5.74) is 6.68. The standard InChI is InChI=1S/C9H9BrFN/c10-3-1-2-7-4-8(11)6-9(12)5-7/h1-2,4-6H,3,12H2. The third-order valence-electron chi connectivity index (χ3n) is 1.34. The smallest absolute Gasteiger partial charge is 0.125 e. The first kappa shape index (κ1) is 9.26. The van der Waals surface area contributed by atoms with Crippen LogP contribution in [0.2, 0.25) is 0 Å². The molecule has 2 N–H and O–H groups in total. The number of hydrogen-bond donors (Lipinski definition) is 1. The number of alkyl halides is 1. The predicted molar refractivity (Wildman–Crippen MR) is 53.6 cm³/mol. The van der Waals surface area contributed by atoms with Crippen LogP contribution < -0.4 is 5.73 Å². The van der Waals surface area contributed by atoms with E-state index in [1.54, 1.807) is 6.07 Å². The van der Waals surface area contributed by atoms with Gasteiger partial charge in [0.15, 0.2) is 0 Å². The van der Waals surface area contributed by atoms with Gasteiger partial charge >= 0.3 is 0 Å². The highest BCUT2D eigenvalue weighted by Crippen LogP contribution is 2.12. The molecule has 0 saturated carbocycles. The summed E-state index contributed by atoms with van der Waals surface area (Å²) in [5.74, 6) is -0.302. The third kappa shape index (κ3) is 2.66. The van der Waals surface area contributed by atoms with Gasteiger partial charge in [0.2, 0.25) is 0 Å². The van der Waals surface area contributed by atoms with E-state index in [0.717, 1.165) is 10.9 Å². The second kappa shape index (κ2) is 4.26. The molecule has 0 radical (unpaired) electrons. The quantitative estimate of drug-likeness (QED) is 0.613. The van der Waals surface area contributed by atoms with Gasteiger partial charge in [-0.2, -0.15) is 0 Å². The Balaban J connectivity index is 2.93. The fourth-order valence-corrected chi connectivity index (χ4v) is 1.10. The molecule has 12 heavy (non-hydrogen) atoms. The molecule has 0 spiro atoms. The number of hydrogen-bond acceptors (Lipinski definition) is 1. The van der Waals surface area contributed by atoms with Crippen molar-refractivity contribution in [3.63, 3.8) is 0 Å². The van der Waals surface area contributed by atoms with Crippen LogP contribution in [-0.2, 0) is 0 Å². The summed E-state index contributed by atoms with van der Waals surface area (Å²) in [6.07, 6.45) is 3.70. The Labute approximate surface area is 79.2 Å². The number of halogens is 2. The molecule has 0 amide bonds. The zero-order valence-electron chi connectivity index (χ0n) is 6.43. The van der Waals surface area contributed by atoms with Crippen LogP contribution in [0.1, 0.15) is 5.56 Å². The summed E-state index contributed by atoms with van der Waals surface area (Å²) in [5, 5.41) is 0.753. The highest BCUT2D eigenvalue weighted by atomic mass is 79.9. The van der Waals surface area contributed by atoms with E-state index in [4.69, 9.17) is 5.73 Å². The van der Waals surface area contributed by atoms with Crippen LogP contribution in [0.3, 0.4) is 0 Å². The minimum Gasteiger partial charge on any atom is -0.399 e. The van der Waals surface area contributed by atoms with Gasteiger partial charge in [-0.05, 0) is 23.8 Å². The molecule has 0 fully saturated rings. The maximum atomic E-state index is 12.7. The Hall–Kier alpha value is -0.830. The molecule has 0 aliphatic heterocycles. The van der Waals surface area contributed by atoms with Gasteiger partial charge in [-0.25, -0.2) is 4.39 Å². The van der Waals surface area contributed by atoms with E-state index in [1.807, 2.05) is 12.2 Å². The van der Waals surface area contributed by atoms with E-state index in [9.17, 15) is 4.39 Å². The summed E-state index contributed by atoms with van der Waals surface area (Å²) in [4.78, 5) is 0. The molecular formula is C9H9BrFN. The van der Waals surface area contributed by atoms with Gasteiger partial charge < -0.3 is 5.73 Å². The van der Waals surface area contributed by atoms with Crippen LogP contribution in [-0.4, -0.2) is 5.33 Å². The number of benzene rings is 1. The van der Waals surface area contributed by atoms with Crippen LogP contribution in [0.15, 0.2) is 24.3 Å². The molecular weight excluding hydrogens is 221 g/mol. The molecule has 1 nitrogen and oxygen atoms in total. The van der Waals surface area contributed by atoms with Crippen LogP contribution in [0.25, 0.3) is 6.08 Å². The van der Waals surface area contributed by atoms with Crippen molar-refractivity contribution in [3.05, 3.63) is 35.7 Å². The Morgan fingerprint density at radius 3 is 2.75 bits per heavy atom. The fraction of sp³-hybridized carbons (Fsp3) is 0.111. The minimum absolute atomic E-state index is 0.302. The van der Waals surface area contributed by atoms with Crippen molar-refractivity contribution in [1.82, 2.24) is 0 Å². The lowest BCUT2D eigenvalue weighted by molar-refractivity contribution is 0.628. The molecule has 0 saturated heterocycles. The highest BCUT2D eigenvalue weighted by molar-refractivity contribution is 9.09. The van der Waals surface area contributed by atoms with E-state index < -0.39 is 0 Å². The molecule has 0 aliphatic rings. The molecule has 0 aromatic heterocycles. The Bertz CT molecular complexity index is 276. The van der Waals surface area contributed by atoms with E-state index in [1.165, 1.54) is 12.1 Å². The summed E-state index contributed by atoms with van der Waals surface area (Å²) in [6, 6.07) is 4.46. The topological polar surface area (TPSA) is 26.0 Å². The number of nitrogen functional groups attached to an aromatic ring is 1. The van der Waals surface area contributed by atoms with Gasteiger partial charge in [0, 0.05) is 11.0 Å². The zero-order valence-corrected chi connectivity index (χ0v) is 8.01. The van der Waals surface area contributed by atoms with Crippen molar-refractivity contribution in [3.8, 4) is 0 Å². The monoisotopic (exact) mass is 229 g/mol. The lowest BCUT2D eigenvalue weighted by Crippen LogP contribution is -1.87. The van der Waals surface area contributed by atoms with Gasteiger partial charge in [0.05, 0.1) is 0 Å². The van der Waals surface area contributed by atoms with Crippen molar-refractivity contribution >= 4 is 27.7 Å². The Kier molecular flexibility index (Phi) is 3.29. The average molecular weight is 230 g/mol. The molecule has 0 atom stereocenters. The minimum atomic E-state index is -0.302. The first-order valence-electron chi connectivity index (χ1n) is 3.51. The third-order valence-corrected chi connectivity index (χ3v) is 1.72. The summed E-state index contributed by atoms with van der Waals surface area (Å²) in [6.45, 7) is 0. The molecule has 1 rings (SSSR count). The lowest BCUT2D eigenvalue weighted by Gasteiger charge is -1.96. The van der Waals surface area contributed by atoms with Gasteiger partial charge in [0.1, 0.15) is 5.82 Å². The second-order valence-corrected chi connectivity index (χ2v) is 3.02. The highest BCUT2D eigenvalue weighted by Gasteiger charge is 1.93. The molecule has 64 valence electrons. The van der Waals surface area contributed by atoms with Crippen molar-refractivity contribution < 1.29 is 4.39 Å². The molecule has 1 aromatic carbocycles. The van der Waals surface area contributed by atoms with E-state index >= 15 is 0 Å². The van der Waals surface area contributed by atoms with Crippen molar-refractivity contribution in [2.24, 2.45) is 0 Å². The van der Waals surface area contributed by atoms with Crippen LogP contribution in [0.5, 0.6) is 0 Å². The van der Waals surface area contributed by atoms with Crippen LogP contribution in [0, 0.1) is 5.82 Å². The first-order valence-corrected chi connectivity index (χ1v) is 4.63. The SMILES string of the molecule is Nc1cc(F)cc(C=CCBr)c1. The molecule has 0 heterocycles. The maximum Gasteiger partial charge on any atom is 0.125 e. The largest absolute Gasteiger partial charge is 0.399 e. The zero-order chi connectivity index (χ0) is 8.97. The normalized spacial score (nSPS) is 10.8. The van der Waals surface area contributed by atoms with Crippen LogP contribution in [0.4, 0.5) is 10.1 Å². The van der Waals surface area contributed by atoms with Crippen molar-refractivity contribution in [2.45, 2.75) is 0 Å². The van der Waals surface area contributed by atoms with E-state index in [2.05, 4.69) is 15.9 Å². The molecule has 0 aliphatic carbocycles. The van der Waals surface area contributed by atoms with Crippen molar-refractivity contribution in [1.29, 1.82) is 0 Å². The average Bonchev–Trinajstić information content (AvgIpc) is 1.99. The van der Waals surface area contributed by atoms with E-state index in [0.29, 0.717) is 5.69 Å². The fourth-order valence-electron chi connectivity index (χ4n) is 0.913. The summed E-state index contributed by atoms with van der Waals surface area (Å²) < 4.78 is 12.7. The maximum absolute atomic E-state index is 12.7.